The first kappa shape index (κ1) is 17.8. The Morgan fingerprint density at radius 2 is 1.92 bits per heavy atom. The van der Waals surface area contributed by atoms with Crippen LogP contribution in [0.5, 0.6) is 0 Å². The lowest BCUT2D eigenvalue weighted by Gasteiger charge is -2.35. The molecule has 140 valence electrons. The van der Waals surface area contributed by atoms with Crippen molar-refractivity contribution >= 4 is 33.8 Å². The van der Waals surface area contributed by atoms with E-state index < -0.39 is 0 Å². The highest BCUT2D eigenvalue weighted by Gasteiger charge is 2.25. The molecule has 2 aromatic heterocycles. The fraction of sp³-hybridized carbons (Fsp3) is 0.556. The number of aromatic nitrogens is 1. The van der Waals surface area contributed by atoms with Crippen molar-refractivity contribution in [3.05, 3.63) is 34.0 Å². The summed E-state index contributed by atoms with van der Waals surface area (Å²) in [5, 5.41) is 5.29. The van der Waals surface area contributed by atoms with E-state index in [-0.39, 0.29) is 0 Å². The maximum Gasteiger partial charge on any atom is 0.191 e. The molecular weight excluding hydrogens is 364 g/mol. The van der Waals surface area contributed by atoms with E-state index in [0.717, 1.165) is 37.9 Å². The van der Waals surface area contributed by atoms with Gasteiger partial charge >= 0.3 is 0 Å². The zero-order valence-corrected chi connectivity index (χ0v) is 16.6. The van der Waals surface area contributed by atoms with Gasteiger partial charge in [-0.2, -0.15) is 0 Å². The van der Waals surface area contributed by atoms with Crippen LogP contribution in [0.15, 0.2) is 34.1 Å². The quantitative estimate of drug-likeness (QED) is 0.628. The second-order valence-electron chi connectivity index (χ2n) is 6.76. The number of hydrogen-bond donors (Lipinski definition) is 1. The molecule has 0 saturated carbocycles. The minimum atomic E-state index is 0.368. The van der Waals surface area contributed by atoms with Crippen LogP contribution in [0.4, 0.5) is 5.13 Å². The first-order valence-electron chi connectivity index (χ1n) is 9.28. The molecule has 0 radical (unpaired) electrons. The van der Waals surface area contributed by atoms with E-state index >= 15 is 0 Å². The highest BCUT2D eigenvalue weighted by molar-refractivity contribution is 7.13. The summed E-state index contributed by atoms with van der Waals surface area (Å²) in [5.74, 6) is 0.685. The summed E-state index contributed by atoms with van der Waals surface area (Å²) in [6.07, 6.45) is 4.45. The Labute approximate surface area is 163 Å². The molecule has 2 aromatic rings. The highest BCUT2D eigenvalue weighted by Crippen LogP contribution is 2.28. The summed E-state index contributed by atoms with van der Waals surface area (Å²) in [6, 6.07) is 4.73. The van der Waals surface area contributed by atoms with Crippen LogP contribution in [-0.4, -0.2) is 66.6 Å². The predicted octanol–water partition coefficient (Wildman–Crippen LogP) is 2.48. The molecule has 1 atom stereocenters. The van der Waals surface area contributed by atoms with Gasteiger partial charge in [0.15, 0.2) is 11.1 Å². The van der Waals surface area contributed by atoms with Crippen molar-refractivity contribution in [3.8, 4) is 0 Å². The van der Waals surface area contributed by atoms with Gasteiger partial charge < -0.3 is 15.5 Å². The molecule has 2 N–H and O–H groups in total. The molecular formula is C18H26N6S2. The third kappa shape index (κ3) is 4.02. The molecule has 1 unspecified atom stereocenters. The molecule has 6 nitrogen and oxygen atoms in total. The fourth-order valence-electron chi connectivity index (χ4n) is 3.70. The number of nitrogens with two attached hydrogens (primary N) is 1. The lowest BCUT2D eigenvalue weighted by molar-refractivity contribution is 0.254. The molecule has 0 spiro atoms. The van der Waals surface area contributed by atoms with E-state index in [1.54, 1.807) is 11.3 Å². The Kier molecular flexibility index (Phi) is 5.72. The number of likely N-dealkylation sites (tertiary alicyclic amines) is 1. The average molecular weight is 391 g/mol. The summed E-state index contributed by atoms with van der Waals surface area (Å²) < 4.78 is 0. The van der Waals surface area contributed by atoms with Gasteiger partial charge in [0.25, 0.3) is 0 Å². The largest absolute Gasteiger partial charge is 0.370 e. The monoisotopic (exact) mass is 390 g/mol. The maximum absolute atomic E-state index is 6.34. The number of thiophene rings is 1. The number of guanidine groups is 1. The summed E-state index contributed by atoms with van der Waals surface area (Å²) in [6.45, 7) is 6.80. The fourth-order valence-corrected chi connectivity index (χ4v) is 5.25. The first-order valence-corrected chi connectivity index (χ1v) is 11.0. The molecule has 2 aliphatic heterocycles. The van der Waals surface area contributed by atoms with Crippen molar-refractivity contribution in [2.45, 2.75) is 18.9 Å². The number of aliphatic imine (C=N–C) groups is 1. The smallest absolute Gasteiger partial charge is 0.191 e. The molecule has 2 saturated heterocycles. The van der Waals surface area contributed by atoms with Crippen LogP contribution in [0, 0.1) is 0 Å². The summed E-state index contributed by atoms with van der Waals surface area (Å²) in [5.41, 5.74) is 6.34. The van der Waals surface area contributed by atoms with Crippen molar-refractivity contribution in [2.24, 2.45) is 10.7 Å². The van der Waals surface area contributed by atoms with Gasteiger partial charge in [0.2, 0.25) is 0 Å². The Morgan fingerprint density at radius 3 is 2.58 bits per heavy atom. The van der Waals surface area contributed by atoms with Gasteiger partial charge in [0.05, 0.1) is 12.6 Å². The molecule has 4 heterocycles. The molecule has 2 aliphatic rings. The van der Waals surface area contributed by atoms with Crippen molar-refractivity contribution < 1.29 is 0 Å². The highest BCUT2D eigenvalue weighted by atomic mass is 32.1. The molecule has 8 heteroatoms. The standard InChI is InChI=1S/C18H26N6S2/c19-17(23-8-10-24(11-9-23)18-20-5-13-26-18)21-14-15(16-4-3-12-25-16)22-6-1-2-7-22/h3-5,12-13,15H,1-2,6-11,14H2,(H2,19,21). The predicted molar refractivity (Wildman–Crippen MR) is 110 cm³/mol. The number of thiazole rings is 1. The molecule has 0 amide bonds. The summed E-state index contributed by atoms with van der Waals surface area (Å²) in [7, 11) is 0. The van der Waals surface area contributed by atoms with Crippen LogP contribution in [0.1, 0.15) is 23.8 Å². The van der Waals surface area contributed by atoms with Gasteiger partial charge in [-0.1, -0.05) is 6.07 Å². The van der Waals surface area contributed by atoms with E-state index in [2.05, 4.69) is 37.2 Å². The van der Waals surface area contributed by atoms with Crippen LogP contribution < -0.4 is 10.6 Å². The van der Waals surface area contributed by atoms with Crippen LogP contribution in [0.25, 0.3) is 0 Å². The molecule has 0 aliphatic carbocycles. The molecule has 2 fully saturated rings. The lowest BCUT2D eigenvalue weighted by atomic mass is 10.2. The number of hydrogen-bond acceptors (Lipinski definition) is 6. The third-order valence-corrected chi connectivity index (χ3v) is 6.98. The number of anilines is 1. The second-order valence-corrected chi connectivity index (χ2v) is 8.61. The Morgan fingerprint density at radius 1 is 1.12 bits per heavy atom. The zero-order valence-electron chi connectivity index (χ0n) is 15.0. The van der Waals surface area contributed by atoms with E-state index in [1.165, 1.54) is 30.8 Å². The van der Waals surface area contributed by atoms with E-state index in [9.17, 15) is 0 Å². The topological polar surface area (TPSA) is 61.0 Å². The molecule has 26 heavy (non-hydrogen) atoms. The van der Waals surface area contributed by atoms with Crippen molar-refractivity contribution in [1.29, 1.82) is 0 Å². The van der Waals surface area contributed by atoms with Crippen LogP contribution in [-0.2, 0) is 0 Å². The van der Waals surface area contributed by atoms with E-state index in [0.29, 0.717) is 12.0 Å². The molecule has 4 rings (SSSR count). The number of piperazine rings is 1. The zero-order chi connectivity index (χ0) is 17.8. The third-order valence-electron chi connectivity index (χ3n) is 5.17. The Balaban J connectivity index is 1.36. The van der Waals surface area contributed by atoms with Crippen molar-refractivity contribution in [1.82, 2.24) is 14.8 Å². The van der Waals surface area contributed by atoms with Crippen LogP contribution in [0.3, 0.4) is 0 Å². The minimum Gasteiger partial charge on any atom is -0.370 e. The number of rotatable bonds is 5. The average Bonchev–Trinajstić information content (AvgIpc) is 3.45. The normalized spacial score (nSPS) is 20.7. The Bertz CT molecular complexity index is 685. The van der Waals surface area contributed by atoms with Crippen molar-refractivity contribution in [3.63, 3.8) is 0 Å². The summed E-state index contributed by atoms with van der Waals surface area (Å²) >= 11 is 3.52. The molecule has 0 bridgehead atoms. The minimum absolute atomic E-state index is 0.368. The number of nitrogens with zero attached hydrogens (tertiary/aromatic N) is 5. The van der Waals surface area contributed by atoms with Crippen LogP contribution >= 0.6 is 22.7 Å². The van der Waals surface area contributed by atoms with Gasteiger partial charge in [0, 0.05) is 42.6 Å². The summed E-state index contributed by atoms with van der Waals surface area (Å²) in [4.78, 5) is 17.7. The second kappa shape index (κ2) is 8.37. The van der Waals surface area contributed by atoms with E-state index in [4.69, 9.17) is 10.7 Å². The lowest BCUT2D eigenvalue weighted by Crippen LogP contribution is -2.51. The van der Waals surface area contributed by atoms with Crippen LogP contribution in [0.2, 0.25) is 0 Å². The maximum atomic E-state index is 6.34. The van der Waals surface area contributed by atoms with Gasteiger partial charge in [-0.3, -0.25) is 9.89 Å². The van der Waals surface area contributed by atoms with Gasteiger partial charge in [-0.15, -0.1) is 22.7 Å². The SMILES string of the molecule is NC(=NCC(c1cccs1)N1CCCC1)N1CCN(c2nccs2)CC1. The van der Waals surface area contributed by atoms with Crippen molar-refractivity contribution in [2.75, 3.05) is 50.7 Å². The molecule has 0 aromatic carbocycles. The van der Waals surface area contributed by atoms with Gasteiger partial charge in [-0.05, 0) is 37.4 Å². The van der Waals surface area contributed by atoms with E-state index in [1.807, 2.05) is 22.9 Å². The first-order chi connectivity index (χ1) is 12.8. The Hall–Kier alpha value is -1.64. The van der Waals surface area contributed by atoms with Gasteiger partial charge in [0.1, 0.15) is 0 Å². The van der Waals surface area contributed by atoms with Gasteiger partial charge in [-0.25, -0.2) is 4.98 Å².